The van der Waals surface area contributed by atoms with Crippen LogP contribution in [0.3, 0.4) is 0 Å². The Morgan fingerprint density at radius 1 is 1.14 bits per heavy atom. The van der Waals surface area contributed by atoms with Gasteiger partial charge in [0, 0.05) is 0 Å². The Hall–Kier alpha value is -2.76. The second kappa shape index (κ2) is 7.31. The van der Waals surface area contributed by atoms with Crippen molar-refractivity contribution in [3.05, 3.63) is 65.7 Å². The van der Waals surface area contributed by atoms with Crippen LogP contribution >= 0.6 is 0 Å². The van der Waals surface area contributed by atoms with Crippen LogP contribution in [0.25, 0.3) is 0 Å². The molecule has 1 N–H and O–H groups in total. The van der Waals surface area contributed by atoms with E-state index in [0.29, 0.717) is 11.3 Å². The number of amides is 1. The summed E-state index contributed by atoms with van der Waals surface area (Å²) in [7, 11) is 0. The molecule has 0 aliphatic heterocycles. The molecule has 0 saturated heterocycles. The van der Waals surface area contributed by atoms with E-state index in [-0.39, 0.29) is 18.2 Å². The van der Waals surface area contributed by atoms with Gasteiger partial charge in [-0.1, -0.05) is 24.3 Å². The van der Waals surface area contributed by atoms with Crippen molar-refractivity contribution in [3.8, 4) is 5.75 Å². The minimum atomic E-state index is -0.540. The number of hydrogen-bond donors (Lipinski definition) is 1. The van der Waals surface area contributed by atoms with E-state index in [1.54, 1.807) is 25.1 Å². The van der Waals surface area contributed by atoms with E-state index < -0.39 is 11.7 Å². The number of hydrazone groups is 1. The molecular weight excluding hydrogens is 290 g/mol. The molecule has 0 bridgehead atoms. The van der Waals surface area contributed by atoms with Crippen LogP contribution < -0.4 is 10.2 Å². The Balaban J connectivity index is 1.88. The van der Waals surface area contributed by atoms with Crippen molar-refractivity contribution in [3.63, 3.8) is 0 Å². The predicted molar refractivity (Wildman–Crippen MR) is 78.6 cm³/mol. The van der Waals surface area contributed by atoms with Gasteiger partial charge in [0.05, 0.1) is 5.71 Å². The van der Waals surface area contributed by atoms with Crippen molar-refractivity contribution in [2.45, 2.75) is 6.92 Å². The minimum absolute atomic E-state index is 0.00288. The highest BCUT2D eigenvalue weighted by Gasteiger charge is 2.06. The lowest BCUT2D eigenvalue weighted by molar-refractivity contribution is -0.123. The summed E-state index contributed by atoms with van der Waals surface area (Å²) in [6.07, 6.45) is 0. The first-order valence-corrected chi connectivity index (χ1v) is 6.52. The molecule has 22 heavy (non-hydrogen) atoms. The number of carbonyl (C=O) groups is 1. The summed E-state index contributed by atoms with van der Waals surface area (Å²) in [6, 6.07) is 11.5. The van der Waals surface area contributed by atoms with Gasteiger partial charge < -0.3 is 4.74 Å². The third-order valence-electron chi connectivity index (χ3n) is 2.81. The molecule has 0 unspecified atom stereocenters. The molecule has 0 heterocycles. The third-order valence-corrected chi connectivity index (χ3v) is 2.81. The summed E-state index contributed by atoms with van der Waals surface area (Å²) < 4.78 is 31.1. The molecule has 1 amide bonds. The molecule has 0 atom stereocenters. The molecule has 6 heteroatoms. The fraction of sp³-hybridized carbons (Fsp3) is 0.125. The topological polar surface area (TPSA) is 50.7 Å². The van der Waals surface area contributed by atoms with Crippen LogP contribution in [0.2, 0.25) is 0 Å². The molecule has 0 aliphatic carbocycles. The fourth-order valence-electron chi connectivity index (χ4n) is 1.64. The van der Waals surface area contributed by atoms with Crippen LogP contribution in [0.4, 0.5) is 8.78 Å². The smallest absolute Gasteiger partial charge is 0.277 e. The van der Waals surface area contributed by atoms with E-state index in [0.717, 1.165) is 0 Å². The number of hydrogen-bond acceptors (Lipinski definition) is 3. The highest BCUT2D eigenvalue weighted by molar-refractivity contribution is 5.99. The van der Waals surface area contributed by atoms with E-state index in [4.69, 9.17) is 4.74 Å². The van der Waals surface area contributed by atoms with Gasteiger partial charge in [0.2, 0.25) is 0 Å². The van der Waals surface area contributed by atoms with Gasteiger partial charge in [-0.2, -0.15) is 5.10 Å². The average molecular weight is 304 g/mol. The third kappa shape index (κ3) is 4.37. The van der Waals surface area contributed by atoms with Gasteiger partial charge in [0.15, 0.2) is 18.2 Å². The van der Waals surface area contributed by atoms with E-state index in [9.17, 15) is 13.6 Å². The zero-order valence-electron chi connectivity index (χ0n) is 11.8. The van der Waals surface area contributed by atoms with Crippen molar-refractivity contribution in [2.24, 2.45) is 5.10 Å². The number of ether oxygens (including phenoxy) is 1. The maximum atomic E-state index is 13.3. The Morgan fingerprint density at radius 2 is 1.82 bits per heavy atom. The summed E-state index contributed by atoms with van der Waals surface area (Å²) in [6.45, 7) is 1.31. The van der Waals surface area contributed by atoms with Gasteiger partial charge >= 0.3 is 0 Å². The summed E-state index contributed by atoms with van der Waals surface area (Å²) in [5.74, 6) is -1.42. The normalized spacial score (nSPS) is 11.1. The molecule has 0 aliphatic rings. The molecule has 114 valence electrons. The molecular formula is C16H14F2N2O2. The van der Waals surface area contributed by atoms with Crippen molar-refractivity contribution in [1.29, 1.82) is 0 Å². The summed E-state index contributed by atoms with van der Waals surface area (Å²) >= 11 is 0. The summed E-state index contributed by atoms with van der Waals surface area (Å²) in [4.78, 5) is 11.6. The lowest BCUT2D eigenvalue weighted by atomic mass is 10.1. The fourth-order valence-corrected chi connectivity index (χ4v) is 1.64. The maximum Gasteiger partial charge on any atom is 0.277 e. The molecule has 0 saturated carbocycles. The van der Waals surface area contributed by atoms with Gasteiger partial charge in [0.1, 0.15) is 5.82 Å². The number of rotatable bonds is 5. The van der Waals surface area contributed by atoms with E-state index >= 15 is 0 Å². The van der Waals surface area contributed by atoms with Crippen molar-refractivity contribution >= 4 is 11.6 Å². The van der Waals surface area contributed by atoms with Crippen molar-refractivity contribution in [2.75, 3.05) is 6.61 Å². The Morgan fingerprint density at radius 3 is 2.50 bits per heavy atom. The molecule has 0 radical (unpaired) electrons. The number of nitrogens with one attached hydrogen (secondary N) is 1. The molecule has 0 aromatic heterocycles. The summed E-state index contributed by atoms with van der Waals surface area (Å²) in [5, 5.41) is 3.88. The Kier molecular flexibility index (Phi) is 5.19. The van der Waals surface area contributed by atoms with Crippen LogP contribution in [-0.2, 0) is 4.79 Å². The van der Waals surface area contributed by atoms with Gasteiger partial charge in [-0.3, -0.25) is 4.79 Å². The van der Waals surface area contributed by atoms with Crippen LogP contribution in [0, 0.1) is 11.6 Å². The summed E-state index contributed by atoms with van der Waals surface area (Å²) in [5.41, 5.74) is 3.48. The second-order valence-electron chi connectivity index (χ2n) is 4.46. The highest BCUT2D eigenvalue weighted by atomic mass is 19.1. The van der Waals surface area contributed by atoms with Crippen molar-refractivity contribution in [1.82, 2.24) is 5.43 Å². The van der Waals surface area contributed by atoms with Crippen LogP contribution in [0.1, 0.15) is 12.5 Å². The van der Waals surface area contributed by atoms with Gasteiger partial charge in [-0.25, -0.2) is 14.2 Å². The first-order chi connectivity index (χ1) is 10.6. The molecule has 4 nitrogen and oxygen atoms in total. The predicted octanol–water partition coefficient (Wildman–Crippen LogP) is 2.88. The average Bonchev–Trinajstić information content (AvgIpc) is 2.52. The van der Waals surface area contributed by atoms with Gasteiger partial charge in [-0.05, 0) is 36.8 Å². The van der Waals surface area contributed by atoms with Crippen LogP contribution in [-0.4, -0.2) is 18.2 Å². The van der Waals surface area contributed by atoms with E-state index in [1.807, 2.05) is 0 Å². The zero-order chi connectivity index (χ0) is 15.9. The number of benzene rings is 2. The van der Waals surface area contributed by atoms with Gasteiger partial charge in [0.25, 0.3) is 5.91 Å². The molecule has 0 fully saturated rings. The quantitative estimate of drug-likeness (QED) is 0.682. The lowest BCUT2D eigenvalue weighted by Crippen LogP contribution is -2.25. The monoisotopic (exact) mass is 304 g/mol. The standard InChI is InChI=1S/C16H14F2N2O2/c1-11(12-6-8-13(17)9-7-12)19-20-16(21)10-22-15-5-3-2-4-14(15)18/h2-9H,10H2,1H3,(H,20,21)/b19-11-. The van der Waals surface area contributed by atoms with Crippen LogP contribution in [0.15, 0.2) is 53.6 Å². The maximum absolute atomic E-state index is 13.3. The van der Waals surface area contributed by atoms with Gasteiger partial charge in [-0.15, -0.1) is 0 Å². The van der Waals surface area contributed by atoms with E-state index in [2.05, 4.69) is 10.5 Å². The van der Waals surface area contributed by atoms with E-state index in [1.165, 1.54) is 30.3 Å². The number of carbonyl (C=O) groups excluding carboxylic acids is 1. The minimum Gasteiger partial charge on any atom is -0.481 e. The van der Waals surface area contributed by atoms with Crippen LogP contribution in [0.5, 0.6) is 5.75 Å². The number of halogens is 2. The largest absolute Gasteiger partial charge is 0.481 e. The SMILES string of the molecule is C/C(=N/NC(=O)COc1ccccc1F)c1ccc(F)cc1. The first-order valence-electron chi connectivity index (χ1n) is 6.52. The molecule has 2 aromatic carbocycles. The highest BCUT2D eigenvalue weighted by Crippen LogP contribution is 2.14. The molecule has 2 rings (SSSR count). The second-order valence-corrected chi connectivity index (χ2v) is 4.46. The number of nitrogens with zero attached hydrogens (tertiary/aromatic N) is 1. The number of para-hydroxylation sites is 1. The Labute approximate surface area is 126 Å². The zero-order valence-corrected chi connectivity index (χ0v) is 11.8. The lowest BCUT2D eigenvalue weighted by Gasteiger charge is -2.06. The molecule has 0 spiro atoms. The Bertz CT molecular complexity index is 685. The van der Waals surface area contributed by atoms with Crippen molar-refractivity contribution < 1.29 is 18.3 Å². The molecule has 2 aromatic rings. The first kappa shape index (κ1) is 15.6.